The van der Waals surface area contributed by atoms with Gasteiger partial charge in [-0.1, -0.05) is 54.9 Å². The minimum Gasteiger partial charge on any atom is -0.464 e. The highest BCUT2D eigenvalue weighted by Gasteiger charge is 2.56. The van der Waals surface area contributed by atoms with E-state index in [0.29, 0.717) is 37.8 Å². The molecule has 3 fully saturated rings. The lowest BCUT2D eigenvalue weighted by atomic mass is 9.85. The third-order valence-corrected chi connectivity index (χ3v) is 8.48. The van der Waals surface area contributed by atoms with Crippen LogP contribution in [0.1, 0.15) is 80.6 Å². The van der Waals surface area contributed by atoms with Gasteiger partial charge in [-0.25, -0.2) is 9.59 Å². The molecule has 0 aromatic heterocycles. The zero-order chi connectivity index (χ0) is 30.7. The fourth-order valence-corrected chi connectivity index (χ4v) is 5.50. The Kier molecular flexibility index (Phi) is 10.5. The Labute approximate surface area is 244 Å². The highest BCUT2D eigenvalue weighted by Crippen LogP contribution is 2.50. The average Bonchev–Trinajstić information content (AvgIpc) is 3.81. The number of likely N-dealkylation sites (N-methyl/N-ethyl adjacent to an activating group) is 1. The number of amides is 4. The maximum atomic E-state index is 13.5. The monoisotopic (exact) mass is 577 g/mol. The van der Waals surface area contributed by atoms with Crippen LogP contribution >= 0.6 is 0 Å². The van der Waals surface area contributed by atoms with Gasteiger partial charge in [0.05, 0.1) is 18.7 Å². The van der Waals surface area contributed by atoms with Crippen LogP contribution in [0.25, 0.3) is 0 Å². The highest BCUT2D eigenvalue weighted by atomic mass is 16.5. The van der Waals surface area contributed by atoms with Crippen molar-refractivity contribution in [1.29, 1.82) is 0 Å². The number of Topliss-reactive ketones (excluding diaryl/α,β-unsaturated/α-hetero) is 1. The molecule has 2 aliphatic carbocycles. The van der Waals surface area contributed by atoms with Gasteiger partial charge in [-0.15, -0.1) is 0 Å². The molecule has 0 aromatic carbocycles. The SMILES string of the molecule is CCCC(NC(=O)[C@@H]1[C@H]2C[C@H]2CN1C[C@@H](NC(=O)N[C@H](C(=O)OCC1CC1)C(C)(C)C)C(C)(C)C)C(=O)C(=O)NC. The van der Waals surface area contributed by atoms with Crippen molar-refractivity contribution >= 4 is 29.6 Å². The number of carbonyl (C=O) groups is 5. The molecule has 0 bridgehead atoms. The summed E-state index contributed by atoms with van der Waals surface area (Å²) in [6.07, 6.45) is 4.10. The van der Waals surface area contributed by atoms with E-state index in [2.05, 4.69) is 26.2 Å². The van der Waals surface area contributed by atoms with Crippen molar-refractivity contribution in [3.63, 3.8) is 0 Å². The number of nitrogens with one attached hydrogen (secondary N) is 4. The lowest BCUT2D eigenvalue weighted by Gasteiger charge is -2.38. The van der Waals surface area contributed by atoms with Gasteiger partial charge in [0.25, 0.3) is 5.91 Å². The van der Waals surface area contributed by atoms with E-state index in [9.17, 15) is 24.0 Å². The van der Waals surface area contributed by atoms with E-state index in [1.807, 2.05) is 48.5 Å². The van der Waals surface area contributed by atoms with E-state index in [-0.39, 0.29) is 23.3 Å². The van der Waals surface area contributed by atoms with Gasteiger partial charge in [0, 0.05) is 26.2 Å². The van der Waals surface area contributed by atoms with Gasteiger partial charge in [-0.05, 0) is 54.3 Å². The molecule has 0 aromatic rings. The second-order valence-electron chi connectivity index (χ2n) is 14.3. The molecule has 2 saturated carbocycles. The molecule has 232 valence electrons. The van der Waals surface area contributed by atoms with E-state index in [1.165, 1.54) is 7.05 Å². The number of fused-ring (bicyclic) bond motifs is 1. The number of urea groups is 1. The van der Waals surface area contributed by atoms with Crippen molar-refractivity contribution < 1.29 is 28.7 Å². The van der Waals surface area contributed by atoms with Crippen molar-refractivity contribution in [3.05, 3.63) is 0 Å². The molecule has 4 amide bonds. The van der Waals surface area contributed by atoms with Gasteiger partial charge in [0.1, 0.15) is 6.04 Å². The summed E-state index contributed by atoms with van der Waals surface area (Å²) in [6, 6.07) is -2.92. The predicted octanol–water partition coefficient (Wildman–Crippen LogP) is 1.99. The van der Waals surface area contributed by atoms with E-state index in [1.54, 1.807) is 0 Å². The number of likely N-dealkylation sites (tertiary alicyclic amines) is 1. The van der Waals surface area contributed by atoms with Crippen LogP contribution in [0.4, 0.5) is 4.79 Å². The molecule has 1 aliphatic heterocycles. The molecular weight excluding hydrogens is 526 g/mol. The molecule has 11 heteroatoms. The second-order valence-corrected chi connectivity index (χ2v) is 14.3. The zero-order valence-corrected chi connectivity index (χ0v) is 26.1. The van der Waals surface area contributed by atoms with Crippen LogP contribution in [0, 0.1) is 28.6 Å². The summed E-state index contributed by atoms with van der Waals surface area (Å²) in [5.41, 5.74) is -0.898. The summed E-state index contributed by atoms with van der Waals surface area (Å²) in [6.45, 7) is 15.2. The third-order valence-electron chi connectivity index (χ3n) is 8.48. The number of hydrogen-bond donors (Lipinski definition) is 4. The summed E-state index contributed by atoms with van der Waals surface area (Å²) in [5, 5.41) is 11.1. The van der Waals surface area contributed by atoms with Gasteiger partial charge in [-0.2, -0.15) is 0 Å². The molecule has 0 radical (unpaired) electrons. The zero-order valence-electron chi connectivity index (χ0n) is 26.1. The Bertz CT molecular complexity index is 998. The van der Waals surface area contributed by atoms with Crippen molar-refractivity contribution in [2.45, 2.75) is 105 Å². The van der Waals surface area contributed by atoms with Gasteiger partial charge >= 0.3 is 12.0 Å². The summed E-state index contributed by atoms with van der Waals surface area (Å²) in [4.78, 5) is 66.3. The number of carbonyl (C=O) groups excluding carboxylic acids is 5. The largest absolute Gasteiger partial charge is 0.464 e. The topological polar surface area (TPSA) is 146 Å². The normalized spacial score (nSPS) is 24.3. The first-order valence-corrected chi connectivity index (χ1v) is 15.1. The van der Waals surface area contributed by atoms with Crippen LogP contribution in [-0.4, -0.2) is 85.4 Å². The maximum Gasteiger partial charge on any atom is 0.329 e. The smallest absolute Gasteiger partial charge is 0.329 e. The predicted molar refractivity (Wildman–Crippen MR) is 155 cm³/mol. The van der Waals surface area contributed by atoms with Crippen molar-refractivity contribution in [2.75, 3.05) is 26.7 Å². The fourth-order valence-electron chi connectivity index (χ4n) is 5.50. The molecule has 6 atom stereocenters. The number of hydrogen-bond acceptors (Lipinski definition) is 7. The lowest BCUT2D eigenvalue weighted by molar-refractivity contribution is -0.149. The number of rotatable bonds is 13. The lowest BCUT2D eigenvalue weighted by Crippen LogP contribution is -2.60. The number of piperidine rings is 1. The molecule has 4 N–H and O–H groups in total. The van der Waals surface area contributed by atoms with Gasteiger partial charge in [0.2, 0.25) is 11.7 Å². The minimum absolute atomic E-state index is 0.188. The molecule has 3 rings (SSSR count). The van der Waals surface area contributed by atoms with Gasteiger partial charge in [-0.3, -0.25) is 19.3 Å². The van der Waals surface area contributed by atoms with Gasteiger partial charge < -0.3 is 26.0 Å². The molecule has 0 spiro atoms. The summed E-state index contributed by atoms with van der Waals surface area (Å²) in [7, 11) is 1.40. The van der Waals surface area contributed by atoms with Crippen LogP contribution < -0.4 is 21.3 Å². The molecule has 11 nitrogen and oxygen atoms in total. The number of ketones is 1. The maximum absolute atomic E-state index is 13.5. The summed E-state index contributed by atoms with van der Waals surface area (Å²) >= 11 is 0. The van der Waals surface area contributed by atoms with Crippen LogP contribution in [0.3, 0.4) is 0 Å². The number of ether oxygens (including phenoxy) is 1. The molecule has 1 heterocycles. The summed E-state index contributed by atoms with van der Waals surface area (Å²) < 4.78 is 5.50. The summed E-state index contributed by atoms with van der Waals surface area (Å²) in [5.74, 6) is -1.04. The Balaban J connectivity index is 1.68. The number of nitrogens with zero attached hydrogens (tertiary/aromatic N) is 1. The molecule has 1 unspecified atom stereocenters. The van der Waals surface area contributed by atoms with Gasteiger partial charge in [0.15, 0.2) is 0 Å². The standard InChI is InChI=1S/C30H51N5O6/c1-9-10-20(23(36)26(38)31-8)32-25(37)22-19-13-18(19)14-35(22)15-21(29(2,3)4)33-28(40)34-24(30(5,6)7)27(39)41-16-17-11-12-17/h17-22,24H,9-16H2,1-8H3,(H,31,38)(H,32,37)(H2,33,34,40)/t18-,19-,20?,21+,22-,24+/m0/s1. The average molecular weight is 578 g/mol. The van der Waals surface area contributed by atoms with Crippen molar-refractivity contribution in [1.82, 2.24) is 26.2 Å². The minimum atomic E-state index is -0.872. The second kappa shape index (κ2) is 13.1. The quantitative estimate of drug-likeness (QED) is 0.193. The fraction of sp³-hybridized carbons (Fsp3) is 0.833. The van der Waals surface area contributed by atoms with E-state index in [4.69, 9.17) is 4.74 Å². The molecule has 41 heavy (non-hydrogen) atoms. The number of esters is 1. The third kappa shape index (κ3) is 8.90. The molecule has 1 saturated heterocycles. The molecule has 3 aliphatic rings. The van der Waals surface area contributed by atoms with Crippen molar-refractivity contribution in [3.8, 4) is 0 Å². The van der Waals surface area contributed by atoms with Crippen LogP contribution in [0.2, 0.25) is 0 Å². The Morgan fingerprint density at radius 2 is 1.61 bits per heavy atom. The highest BCUT2D eigenvalue weighted by molar-refractivity contribution is 6.38. The van der Waals surface area contributed by atoms with E-state index < -0.39 is 47.2 Å². The van der Waals surface area contributed by atoms with Crippen LogP contribution in [0.5, 0.6) is 0 Å². The van der Waals surface area contributed by atoms with Crippen molar-refractivity contribution in [2.24, 2.45) is 28.6 Å². The Morgan fingerprint density at radius 1 is 0.951 bits per heavy atom. The first-order chi connectivity index (χ1) is 19.1. The molecular formula is C30H51N5O6. The first kappa shape index (κ1) is 32.8. The van der Waals surface area contributed by atoms with E-state index >= 15 is 0 Å². The Morgan fingerprint density at radius 3 is 2.15 bits per heavy atom. The van der Waals surface area contributed by atoms with Crippen LogP contribution in [0.15, 0.2) is 0 Å². The first-order valence-electron chi connectivity index (χ1n) is 15.1. The Hall–Kier alpha value is -2.69. The van der Waals surface area contributed by atoms with Crippen LogP contribution in [-0.2, 0) is 23.9 Å². The van der Waals surface area contributed by atoms with E-state index in [0.717, 1.165) is 25.8 Å².